The smallest absolute Gasteiger partial charge is 0.305 e. The van der Waals surface area contributed by atoms with Crippen molar-refractivity contribution < 1.29 is 19.4 Å². The molecule has 6 nitrogen and oxygen atoms in total. The number of aliphatic carboxylic acids is 1. The first-order chi connectivity index (χ1) is 9.94. The molecule has 110 valence electrons. The summed E-state index contributed by atoms with van der Waals surface area (Å²) in [6.07, 6.45) is 1.68. The van der Waals surface area contributed by atoms with Gasteiger partial charge in [0.2, 0.25) is 6.79 Å². The third-order valence-corrected chi connectivity index (χ3v) is 3.31. The highest BCUT2D eigenvalue weighted by Crippen LogP contribution is 2.38. The number of aromatic nitrogens is 1. The van der Waals surface area contributed by atoms with Gasteiger partial charge in [0.15, 0.2) is 11.5 Å². The molecule has 1 aromatic heterocycles. The van der Waals surface area contributed by atoms with Gasteiger partial charge in [0.1, 0.15) is 5.82 Å². The lowest BCUT2D eigenvalue weighted by Crippen LogP contribution is -2.34. The Bertz CT molecular complexity index is 712. The Hall–Kier alpha value is -2.50. The van der Waals surface area contributed by atoms with E-state index in [2.05, 4.69) is 10.3 Å². The maximum Gasteiger partial charge on any atom is 0.305 e. The largest absolute Gasteiger partial charge is 0.481 e. The first kappa shape index (κ1) is 13.5. The van der Waals surface area contributed by atoms with Gasteiger partial charge in [-0.25, -0.2) is 4.98 Å². The number of ether oxygens (including phenoxy) is 2. The summed E-state index contributed by atoms with van der Waals surface area (Å²) in [5, 5.41) is 14.0. The van der Waals surface area contributed by atoms with E-state index in [1.165, 1.54) is 0 Å². The van der Waals surface area contributed by atoms with Crippen molar-refractivity contribution in [1.29, 1.82) is 0 Å². The van der Waals surface area contributed by atoms with Gasteiger partial charge in [0, 0.05) is 17.1 Å². The number of carbonyl (C=O) groups is 1. The number of hydrogen-bond acceptors (Lipinski definition) is 5. The van der Waals surface area contributed by atoms with Crippen LogP contribution in [0.2, 0.25) is 0 Å². The van der Waals surface area contributed by atoms with Crippen LogP contribution >= 0.6 is 0 Å². The quantitative estimate of drug-likeness (QED) is 0.900. The lowest BCUT2D eigenvalue weighted by Gasteiger charge is -2.25. The van der Waals surface area contributed by atoms with E-state index in [1.807, 2.05) is 32.0 Å². The van der Waals surface area contributed by atoms with Gasteiger partial charge in [0.05, 0.1) is 6.42 Å². The molecule has 0 unspecified atom stereocenters. The summed E-state index contributed by atoms with van der Waals surface area (Å²) < 4.78 is 10.7. The van der Waals surface area contributed by atoms with E-state index in [4.69, 9.17) is 14.6 Å². The fourth-order valence-corrected chi connectivity index (χ4v) is 2.40. The highest BCUT2D eigenvalue weighted by Gasteiger charge is 2.23. The van der Waals surface area contributed by atoms with Crippen molar-refractivity contribution in [3.63, 3.8) is 0 Å². The molecule has 0 saturated heterocycles. The summed E-state index contributed by atoms with van der Waals surface area (Å²) in [4.78, 5) is 15.2. The van der Waals surface area contributed by atoms with Crippen molar-refractivity contribution >= 4 is 22.6 Å². The Morgan fingerprint density at radius 3 is 2.81 bits per heavy atom. The average Bonchev–Trinajstić information content (AvgIpc) is 2.81. The summed E-state index contributed by atoms with van der Waals surface area (Å²) >= 11 is 0. The van der Waals surface area contributed by atoms with Crippen LogP contribution in [0.1, 0.15) is 20.3 Å². The predicted molar refractivity (Wildman–Crippen MR) is 77.8 cm³/mol. The van der Waals surface area contributed by atoms with Gasteiger partial charge in [-0.1, -0.05) is 0 Å². The molecule has 0 bridgehead atoms. The zero-order chi connectivity index (χ0) is 15.0. The minimum absolute atomic E-state index is 0.00435. The molecule has 2 N–H and O–H groups in total. The number of benzene rings is 1. The Balaban J connectivity index is 2.01. The van der Waals surface area contributed by atoms with E-state index in [9.17, 15) is 4.79 Å². The normalized spacial score (nSPS) is 13.4. The minimum atomic E-state index is -0.856. The number of nitrogens with one attached hydrogen (secondary N) is 1. The fraction of sp³-hybridized carbons (Fsp3) is 0.333. The standard InChI is InChI=1S/C15H16N2O4/c1-15(2,7-13(18)19)17-14-10-6-12-11(20-8-21-12)5-9(10)3-4-16-14/h3-6H,7-8H2,1-2H3,(H,16,17)(H,18,19). The topological polar surface area (TPSA) is 80.7 Å². The van der Waals surface area contributed by atoms with Crippen molar-refractivity contribution in [3.05, 3.63) is 24.4 Å². The third-order valence-electron chi connectivity index (χ3n) is 3.31. The summed E-state index contributed by atoms with van der Waals surface area (Å²) in [5.74, 6) is 1.17. The molecule has 1 aliphatic heterocycles. The Morgan fingerprint density at radius 2 is 2.10 bits per heavy atom. The van der Waals surface area contributed by atoms with E-state index in [-0.39, 0.29) is 13.2 Å². The maximum atomic E-state index is 10.9. The van der Waals surface area contributed by atoms with E-state index in [0.29, 0.717) is 17.3 Å². The minimum Gasteiger partial charge on any atom is -0.481 e. The van der Waals surface area contributed by atoms with Crippen LogP contribution in [-0.4, -0.2) is 28.4 Å². The number of anilines is 1. The lowest BCUT2D eigenvalue weighted by atomic mass is 10.0. The molecule has 0 spiro atoms. The van der Waals surface area contributed by atoms with Crippen molar-refractivity contribution in [3.8, 4) is 11.5 Å². The van der Waals surface area contributed by atoms with Gasteiger partial charge < -0.3 is 19.9 Å². The molecular formula is C15H16N2O4. The zero-order valence-electron chi connectivity index (χ0n) is 11.8. The molecule has 3 rings (SSSR count). The second-order valence-corrected chi connectivity index (χ2v) is 5.67. The molecule has 0 atom stereocenters. The molecule has 21 heavy (non-hydrogen) atoms. The molecule has 2 heterocycles. The lowest BCUT2D eigenvalue weighted by molar-refractivity contribution is -0.137. The summed E-state index contributed by atoms with van der Waals surface area (Å²) in [5.41, 5.74) is -0.608. The predicted octanol–water partition coefficient (Wildman–Crippen LogP) is 2.63. The number of fused-ring (bicyclic) bond motifs is 2. The maximum absolute atomic E-state index is 10.9. The molecule has 1 aromatic carbocycles. The zero-order valence-corrected chi connectivity index (χ0v) is 11.8. The van der Waals surface area contributed by atoms with Crippen molar-refractivity contribution in [2.24, 2.45) is 0 Å². The Kier molecular flexibility index (Phi) is 3.08. The molecule has 0 radical (unpaired) electrons. The van der Waals surface area contributed by atoms with Crippen LogP contribution in [0.3, 0.4) is 0 Å². The monoisotopic (exact) mass is 288 g/mol. The fourth-order valence-electron chi connectivity index (χ4n) is 2.40. The van der Waals surface area contributed by atoms with Crippen LogP contribution in [0.25, 0.3) is 10.8 Å². The van der Waals surface area contributed by atoms with E-state index < -0.39 is 11.5 Å². The van der Waals surface area contributed by atoms with Gasteiger partial charge in [-0.15, -0.1) is 0 Å². The molecular weight excluding hydrogens is 272 g/mol. The molecule has 0 fully saturated rings. The van der Waals surface area contributed by atoms with Crippen LogP contribution in [0.4, 0.5) is 5.82 Å². The highest BCUT2D eigenvalue weighted by molar-refractivity contribution is 5.94. The highest BCUT2D eigenvalue weighted by atomic mass is 16.7. The van der Waals surface area contributed by atoms with Gasteiger partial charge in [-0.2, -0.15) is 0 Å². The summed E-state index contributed by atoms with van der Waals surface area (Å²) in [6.45, 7) is 3.87. The number of rotatable bonds is 4. The molecule has 0 amide bonds. The van der Waals surface area contributed by atoms with Crippen LogP contribution in [0, 0.1) is 0 Å². The van der Waals surface area contributed by atoms with E-state index >= 15 is 0 Å². The first-order valence-electron chi connectivity index (χ1n) is 6.63. The van der Waals surface area contributed by atoms with Gasteiger partial charge in [-0.3, -0.25) is 4.79 Å². The molecule has 1 aliphatic rings. The number of carboxylic acids is 1. The number of pyridine rings is 1. The molecule has 0 saturated carbocycles. The average molecular weight is 288 g/mol. The number of hydrogen-bond donors (Lipinski definition) is 2. The van der Waals surface area contributed by atoms with Crippen molar-refractivity contribution in [2.45, 2.75) is 25.8 Å². The number of carboxylic acid groups (broad SMARTS) is 1. The van der Waals surface area contributed by atoms with Crippen LogP contribution in [0.15, 0.2) is 24.4 Å². The third kappa shape index (κ3) is 2.69. The van der Waals surface area contributed by atoms with Crippen molar-refractivity contribution in [1.82, 2.24) is 4.98 Å². The van der Waals surface area contributed by atoms with Crippen molar-refractivity contribution in [2.75, 3.05) is 12.1 Å². The van der Waals surface area contributed by atoms with E-state index in [1.54, 1.807) is 6.20 Å². The Morgan fingerprint density at radius 1 is 1.38 bits per heavy atom. The molecule has 2 aromatic rings. The van der Waals surface area contributed by atoms with E-state index in [0.717, 1.165) is 10.8 Å². The van der Waals surface area contributed by atoms with Crippen LogP contribution in [-0.2, 0) is 4.79 Å². The summed E-state index contributed by atoms with van der Waals surface area (Å²) in [7, 11) is 0. The Labute approximate surface area is 121 Å². The summed E-state index contributed by atoms with van der Waals surface area (Å²) in [6, 6.07) is 5.64. The molecule has 0 aliphatic carbocycles. The molecule has 6 heteroatoms. The van der Waals surface area contributed by atoms with Crippen LogP contribution in [0.5, 0.6) is 11.5 Å². The van der Waals surface area contributed by atoms with Gasteiger partial charge in [-0.05, 0) is 37.4 Å². The number of nitrogens with zero attached hydrogens (tertiary/aromatic N) is 1. The van der Waals surface area contributed by atoms with Gasteiger partial charge in [0.25, 0.3) is 0 Å². The second kappa shape index (κ2) is 4.80. The van der Waals surface area contributed by atoms with Crippen LogP contribution < -0.4 is 14.8 Å². The SMILES string of the molecule is CC(C)(CC(=O)O)Nc1nccc2cc3c(cc12)OCO3. The second-order valence-electron chi connectivity index (χ2n) is 5.67. The van der Waals surface area contributed by atoms with Gasteiger partial charge >= 0.3 is 5.97 Å². The first-order valence-corrected chi connectivity index (χ1v) is 6.63.